The topological polar surface area (TPSA) is 63.8 Å². The molecule has 21 heavy (non-hydrogen) atoms. The van der Waals surface area contributed by atoms with Crippen LogP contribution in [0.25, 0.3) is 22.8 Å². The van der Waals surface area contributed by atoms with Crippen LogP contribution in [-0.2, 0) is 0 Å². The van der Waals surface area contributed by atoms with Crippen LogP contribution < -0.4 is 5.32 Å². The van der Waals surface area contributed by atoms with Gasteiger partial charge >= 0.3 is 0 Å². The normalized spacial score (nSPS) is 10.9. The summed E-state index contributed by atoms with van der Waals surface area (Å²) in [5.74, 6) is 0.421. The van der Waals surface area contributed by atoms with Crippen LogP contribution in [0.2, 0.25) is 0 Å². The van der Waals surface area contributed by atoms with Crippen molar-refractivity contribution in [3.05, 3.63) is 35.3 Å². The van der Waals surface area contributed by atoms with Crippen LogP contribution in [0.1, 0.15) is 11.3 Å². The molecule has 0 atom stereocenters. The average molecular weight is 304 g/mol. The molecule has 0 aliphatic rings. The van der Waals surface area contributed by atoms with Gasteiger partial charge in [-0.1, -0.05) is 11.2 Å². The predicted molar refractivity (Wildman–Crippen MR) is 79.8 cm³/mol. The second-order valence-corrected chi connectivity index (χ2v) is 5.38. The zero-order chi connectivity index (χ0) is 15.0. The molecule has 0 aliphatic heterocycles. The minimum Gasteiger partial charge on any atom is -0.378 e. The smallest absolute Gasteiger partial charge is 0.263 e. The van der Waals surface area contributed by atoms with Gasteiger partial charge < -0.3 is 9.84 Å². The lowest BCUT2D eigenvalue weighted by atomic mass is 10.1. The third kappa shape index (κ3) is 2.40. The van der Waals surface area contributed by atoms with Crippen LogP contribution in [0.4, 0.5) is 9.39 Å². The fourth-order valence-corrected chi connectivity index (χ4v) is 2.80. The second kappa shape index (κ2) is 5.25. The third-order valence-electron chi connectivity index (χ3n) is 3.17. The van der Waals surface area contributed by atoms with Crippen molar-refractivity contribution >= 4 is 16.5 Å². The highest BCUT2D eigenvalue weighted by Crippen LogP contribution is 2.34. The molecule has 0 amide bonds. The molecule has 0 saturated carbocycles. The van der Waals surface area contributed by atoms with E-state index in [-0.39, 0.29) is 5.82 Å². The van der Waals surface area contributed by atoms with Gasteiger partial charge in [0, 0.05) is 12.6 Å². The lowest BCUT2D eigenvalue weighted by Crippen LogP contribution is -1.90. The van der Waals surface area contributed by atoms with Crippen LogP contribution in [0, 0.1) is 19.7 Å². The molecule has 2 heterocycles. The van der Waals surface area contributed by atoms with Crippen molar-refractivity contribution in [2.75, 3.05) is 12.4 Å². The van der Waals surface area contributed by atoms with Gasteiger partial charge in [-0.3, -0.25) is 0 Å². The van der Waals surface area contributed by atoms with E-state index in [2.05, 4.69) is 19.8 Å². The molecule has 0 aliphatic carbocycles. The van der Waals surface area contributed by atoms with Crippen molar-refractivity contribution in [2.45, 2.75) is 13.8 Å². The van der Waals surface area contributed by atoms with Gasteiger partial charge in [-0.25, -0.2) is 4.39 Å². The summed E-state index contributed by atoms with van der Waals surface area (Å²) in [6, 6.07) is 4.50. The summed E-state index contributed by atoms with van der Waals surface area (Å²) >= 11 is 1.33. The van der Waals surface area contributed by atoms with Crippen molar-refractivity contribution in [3.8, 4) is 22.8 Å². The average Bonchev–Trinajstić information content (AvgIpc) is 3.07. The molecule has 1 N–H and O–H groups in total. The highest BCUT2D eigenvalue weighted by atomic mass is 32.1. The Balaban J connectivity index is 2.08. The third-order valence-corrected chi connectivity index (χ3v) is 4.13. The minimum absolute atomic E-state index is 0.328. The number of halogens is 1. The molecule has 5 nitrogen and oxygen atoms in total. The zero-order valence-corrected chi connectivity index (χ0v) is 12.6. The van der Waals surface area contributed by atoms with E-state index in [9.17, 15) is 4.39 Å². The van der Waals surface area contributed by atoms with Crippen LogP contribution >= 0.6 is 11.5 Å². The first-order valence-electron chi connectivity index (χ1n) is 6.34. The van der Waals surface area contributed by atoms with Crippen molar-refractivity contribution in [1.29, 1.82) is 0 Å². The Bertz CT molecular complexity index is 796. The molecule has 0 saturated heterocycles. The summed E-state index contributed by atoms with van der Waals surface area (Å²) in [6.07, 6.45) is 0. The first-order chi connectivity index (χ1) is 10.1. The van der Waals surface area contributed by atoms with Crippen LogP contribution in [0.5, 0.6) is 0 Å². The first kappa shape index (κ1) is 13.7. The van der Waals surface area contributed by atoms with E-state index in [0.29, 0.717) is 17.3 Å². The van der Waals surface area contributed by atoms with Gasteiger partial charge in [-0.15, -0.1) is 0 Å². The van der Waals surface area contributed by atoms with E-state index in [1.807, 2.05) is 20.9 Å². The van der Waals surface area contributed by atoms with Gasteiger partial charge in [0.2, 0.25) is 5.82 Å². The van der Waals surface area contributed by atoms with Crippen molar-refractivity contribution < 1.29 is 8.91 Å². The molecule has 0 spiro atoms. The molecule has 1 aromatic carbocycles. The summed E-state index contributed by atoms with van der Waals surface area (Å²) in [5, 5.41) is 7.87. The zero-order valence-electron chi connectivity index (χ0n) is 11.8. The lowest BCUT2D eigenvalue weighted by Gasteiger charge is -2.00. The molecular formula is C14H13FN4OS. The number of anilines is 1. The van der Waals surface area contributed by atoms with Gasteiger partial charge in [0.25, 0.3) is 5.89 Å². The molecule has 0 unspecified atom stereocenters. The number of hydrogen-bond donors (Lipinski definition) is 1. The van der Waals surface area contributed by atoms with Crippen LogP contribution in [0.3, 0.4) is 0 Å². The maximum atomic E-state index is 13.4. The van der Waals surface area contributed by atoms with E-state index in [1.165, 1.54) is 23.7 Å². The highest BCUT2D eigenvalue weighted by molar-refractivity contribution is 7.10. The molecule has 3 rings (SSSR count). The van der Waals surface area contributed by atoms with E-state index in [1.54, 1.807) is 6.07 Å². The summed E-state index contributed by atoms with van der Waals surface area (Å²) in [6.45, 7) is 3.76. The molecule has 7 heteroatoms. The predicted octanol–water partition coefficient (Wildman–Crippen LogP) is 3.66. The van der Waals surface area contributed by atoms with E-state index >= 15 is 0 Å². The summed E-state index contributed by atoms with van der Waals surface area (Å²) in [7, 11) is 1.81. The quantitative estimate of drug-likeness (QED) is 0.800. The van der Waals surface area contributed by atoms with Gasteiger partial charge in [-0.05, 0) is 43.1 Å². The van der Waals surface area contributed by atoms with Crippen LogP contribution in [0.15, 0.2) is 22.7 Å². The Hall–Kier alpha value is -2.28. The van der Waals surface area contributed by atoms with Gasteiger partial charge in [0.1, 0.15) is 10.8 Å². The number of benzene rings is 1. The number of aryl methyl sites for hydroxylation is 2. The molecule has 108 valence electrons. The summed E-state index contributed by atoms with van der Waals surface area (Å²) in [5.41, 5.74) is 3.11. The van der Waals surface area contributed by atoms with Crippen molar-refractivity contribution in [2.24, 2.45) is 0 Å². The van der Waals surface area contributed by atoms with Gasteiger partial charge in [-0.2, -0.15) is 9.36 Å². The van der Waals surface area contributed by atoms with E-state index in [0.717, 1.165) is 21.8 Å². The van der Waals surface area contributed by atoms with Gasteiger partial charge in [0.15, 0.2) is 0 Å². The Morgan fingerprint density at radius 1 is 1.29 bits per heavy atom. The number of hydrogen-bond acceptors (Lipinski definition) is 6. The fraction of sp³-hybridized carbons (Fsp3) is 0.214. The lowest BCUT2D eigenvalue weighted by molar-refractivity contribution is 0.432. The fourth-order valence-electron chi connectivity index (χ4n) is 2.06. The molecule has 0 fully saturated rings. The van der Waals surface area contributed by atoms with Crippen molar-refractivity contribution in [1.82, 2.24) is 14.5 Å². The Labute approximate surface area is 125 Å². The Morgan fingerprint density at radius 2 is 2.10 bits per heavy atom. The van der Waals surface area contributed by atoms with Crippen molar-refractivity contribution in [3.63, 3.8) is 0 Å². The Kier molecular flexibility index (Phi) is 3.42. The number of nitrogens with one attached hydrogen (secondary N) is 1. The molecule has 2 aromatic heterocycles. The second-order valence-electron chi connectivity index (χ2n) is 4.60. The van der Waals surface area contributed by atoms with E-state index in [4.69, 9.17) is 4.52 Å². The molecule has 0 bridgehead atoms. The number of aromatic nitrogens is 3. The van der Waals surface area contributed by atoms with Gasteiger partial charge in [0.05, 0.1) is 11.3 Å². The molecule has 0 radical (unpaired) electrons. The standard InChI is InChI=1S/C14H13FN4OS/c1-7-4-5-9(15)6-10(7)12-17-13(20-18-12)11-8(2)19-21-14(11)16-3/h4-6,16H,1-3H3. The maximum absolute atomic E-state index is 13.4. The van der Waals surface area contributed by atoms with Crippen LogP contribution in [-0.4, -0.2) is 21.6 Å². The SMILES string of the molecule is CNc1snc(C)c1-c1nc(-c2cc(F)ccc2C)no1. The summed E-state index contributed by atoms with van der Waals surface area (Å²) in [4.78, 5) is 4.38. The highest BCUT2D eigenvalue weighted by Gasteiger charge is 2.19. The number of nitrogens with zero attached hydrogens (tertiary/aromatic N) is 3. The Morgan fingerprint density at radius 3 is 2.86 bits per heavy atom. The molecule has 3 aromatic rings. The molecular weight excluding hydrogens is 291 g/mol. The number of rotatable bonds is 3. The maximum Gasteiger partial charge on any atom is 0.263 e. The largest absolute Gasteiger partial charge is 0.378 e. The summed E-state index contributed by atoms with van der Waals surface area (Å²) < 4.78 is 23.0. The monoisotopic (exact) mass is 304 g/mol. The first-order valence-corrected chi connectivity index (χ1v) is 7.12. The van der Waals surface area contributed by atoms with E-state index < -0.39 is 0 Å². The minimum atomic E-state index is -0.328.